The number of carbonyl (C=O) groups is 1. The van der Waals surface area contributed by atoms with Crippen LogP contribution in [0.25, 0.3) is 0 Å². The molecule has 0 saturated heterocycles. The summed E-state index contributed by atoms with van der Waals surface area (Å²) in [7, 11) is 0. The van der Waals surface area contributed by atoms with Gasteiger partial charge in [0.15, 0.2) is 5.12 Å². The van der Waals surface area contributed by atoms with Crippen molar-refractivity contribution in [1.29, 1.82) is 0 Å². The van der Waals surface area contributed by atoms with Gasteiger partial charge in [0.1, 0.15) is 0 Å². The van der Waals surface area contributed by atoms with Crippen LogP contribution in [0.5, 0.6) is 0 Å². The summed E-state index contributed by atoms with van der Waals surface area (Å²) in [6.45, 7) is 1.54. The minimum atomic E-state index is 0.0958. The highest BCUT2D eigenvalue weighted by molar-refractivity contribution is 8.15. The van der Waals surface area contributed by atoms with E-state index in [9.17, 15) is 4.79 Å². The summed E-state index contributed by atoms with van der Waals surface area (Å²) in [5.74, 6) is 0. The van der Waals surface area contributed by atoms with E-state index in [-0.39, 0.29) is 5.12 Å². The lowest BCUT2D eigenvalue weighted by atomic mass is 10.7. The van der Waals surface area contributed by atoms with E-state index in [2.05, 4.69) is 0 Å². The summed E-state index contributed by atoms with van der Waals surface area (Å²) in [6, 6.07) is 3.64. The second-order valence-corrected chi connectivity index (χ2v) is 4.84. The molecular formula is C6H5ClOS2. The van der Waals surface area contributed by atoms with Crippen LogP contribution in [0.15, 0.2) is 16.3 Å². The van der Waals surface area contributed by atoms with E-state index in [0.717, 1.165) is 8.55 Å². The Morgan fingerprint density at radius 1 is 1.70 bits per heavy atom. The van der Waals surface area contributed by atoms with Crippen LogP contribution in [0.2, 0.25) is 4.34 Å². The molecule has 0 fully saturated rings. The largest absolute Gasteiger partial charge is 0.287 e. The minimum absolute atomic E-state index is 0.0958. The molecule has 1 heterocycles. The Balaban J connectivity index is 2.67. The number of hydrogen-bond donors (Lipinski definition) is 0. The molecule has 0 radical (unpaired) electrons. The van der Waals surface area contributed by atoms with Gasteiger partial charge in [-0.2, -0.15) is 0 Å². The fourth-order valence-electron chi connectivity index (χ4n) is 0.494. The molecule has 0 saturated carbocycles. The number of rotatable bonds is 1. The van der Waals surface area contributed by atoms with Crippen molar-refractivity contribution >= 4 is 39.8 Å². The van der Waals surface area contributed by atoms with Crippen molar-refractivity contribution in [2.45, 2.75) is 11.1 Å². The van der Waals surface area contributed by atoms with E-state index in [0.29, 0.717) is 0 Å². The van der Waals surface area contributed by atoms with Crippen LogP contribution in [0, 0.1) is 0 Å². The third-order valence-corrected chi connectivity index (χ3v) is 2.94. The molecule has 10 heavy (non-hydrogen) atoms. The Hall–Kier alpha value is 0.01000. The first kappa shape index (κ1) is 8.11. The molecule has 0 aliphatic carbocycles. The highest BCUT2D eigenvalue weighted by atomic mass is 35.5. The zero-order valence-electron chi connectivity index (χ0n) is 5.26. The van der Waals surface area contributed by atoms with Crippen LogP contribution in [0.4, 0.5) is 0 Å². The molecular weight excluding hydrogens is 188 g/mol. The highest BCUT2D eigenvalue weighted by Crippen LogP contribution is 2.30. The molecule has 0 aliphatic heterocycles. The molecule has 1 nitrogen and oxygen atoms in total. The first-order valence-corrected chi connectivity index (χ1v) is 4.63. The first-order chi connectivity index (χ1) is 4.68. The molecule has 0 aliphatic rings. The fraction of sp³-hybridized carbons (Fsp3) is 0.167. The van der Waals surface area contributed by atoms with Crippen LogP contribution in [-0.2, 0) is 4.79 Å². The Morgan fingerprint density at radius 2 is 2.40 bits per heavy atom. The van der Waals surface area contributed by atoms with Crippen molar-refractivity contribution in [1.82, 2.24) is 0 Å². The predicted molar refractivity (Wildman–Crippen MR) is 45.9 cm³/mol. The first-order valence-electron chi connectivity index (χ1n) is 2.62. The van der Waals surface area contributed by atoms with Gasteiger partial charge in [-0.1, -0.05) is 11.6 Å². The van der Waals surface area contributed by atoms with Gasteiger partial charge in [0.05, 0.1) is 8.55 Å². The zero-order chi connectivity index (χ0) is 7.56. The average Bonchev–Trinajstić information content (AvgIpc) is 2.13. The smallest absolute Gasteiger partial charge is 0.191 e. The minimum Gasteiger partial charge on any atom is -0.287 e. The molecule has 0 aromatic carbocycles. The van der Waals surface area contributed by atoms with Crippen LogP contribution >= 0.6 is 34.7 Å². The quantitative estimate of drug-likeness (QED) is 0.637. The van der Waals surface area contributed by atoms with Gasteiger partial charge in [-0.15, -0.1) is 11.3 Å². The predicted octanol–water partition coefficient (Wildman–Crippen LogP) is 3.04. The number of halogens is 1. The van der Waals surface area contributed by atoms with Crippen LogP contribution < -0.4 is 0 Å². The summed E-state index contributed by atoms with van der Waals surface area (Å²) in [4.78, 5) is 10.5. The van der Waals surface area contributed by atoms with Gasteiger partial charge in [-0.25, -0.2) is 0 Å². The standard InChI is InChI=1S/C6H5ClOS2/c1-4(8)9-6-3-2-5(7)10-6/h2-3H,1H3. The van der Waals surface area contributed by atoms with Gasteiger partial charge in [-0.3, -0.25) is 4.79 Å². The van der Waals surface area contributed by atoms with Gasteiger partial charge < -0.3 is 0 Å². The van der Waals surface area contributed by atoms with E-state index in [4.69, 9.17) is 11.6 Å². The van der Waals surface area contributed by atoms with E-state index in [1.165, 1.54) is 30.0 Å². The summed E-state index contributed by atoms with van der Waals surface area (Å²) in [5.41, 5.74) is 0. The van der Waals surface area contributed by atoms with Gasteiger partial charge >= 0.3 is 0 Å². The SMILES string of the molecule is CC(=O)Sc1ccc(Cl)s1. The van der Waals surface area contributed by atoms with Gasteiger partial charge in [0.25, 0.3) is 0 Å². The van der Waals surface area contributed by atoms with Crippen molar-refractivity contribution < 1.29 is 4.79 Å². The van der Waals surface area contributed by atoms with Gasteiger partial charge in [0, 0.05) is 6.92 Å². The van der Waals surface area contributed by atoms with Gasteiger partial charge in [0.2, 0.25) is 0 Å². The molecule has 54 valence electrons. The average molecular weight is 193 g/mol. The Labute approximate surface area is 72.4 Å². The highest BCUT2D eigenvalue weighted by Gasteiger charge is 2.00. The molecule has 0 bridgehead atoms. The Bertz CT molecular complexity index is 244. The summed E-state index contributed by atoms with van der Waals surface area (Å²) >= 11 is 8.28. The van der Waals surface area contributed by atoms with Crippen molar-refractivity contribution in [2.75, 3.05) is 0 Å². The van der Waals surface area contributed by atoms with E-state index < -0.39 is 0 Å². The van der Waals surface area contributed by atoms with Crippen LogP contribution in [0.3, 0.4) is 0 Å². The van der Waals surface area contributed by atoms with Gasteiger partial charge in [-0.05, 0) is 23.9 Å². The third-order valence-electron chi connectivity index (χ3n) is 0.793. The number of thioether (sulfide) groups is 1. The molecule has 4 heteroatoms. The summed E-state index contributed by atoms with van der Waals surface area (Å²) < 4.78 is 1.68. The fourth-order valence-corrected chi connectivity index (χ4v) is 2.62. The van der Waals surface area contributed by atoms with E-state index >= 15 is 0 Å². The summed E-state index contributed by atoms with van der Waals surface area (Å²) in [5, 5.41) is 0.0958. The molecule has 0 unspecified atom stereocenters. The van der Waals surface area contributed by atoms with Crippen LogP contribution in [-0.4, -0.2) is 5.12 Å². The molecule has 1 rings (SSSR count). The number of carbonyl (C=O) groups excluding carboxylic acids is 1. The topological polar surface area (TPSA) is 17.1 Å². The second kappa shape index (κ2) is 3.42. The molecule has 0 spiro atoms. The van der Waals surface area contributed by atoms with Crippen molar-refractivity contribution in [2.24, 2.45) is 0 Å². The maximum Gasteiger partial charge on any atom is 0.191 e. The lowest BCUT2D eigenvalue weighted by Gasteiger charge is -1.85. The Kier molecular flexibility index (Phi) is 2.77. The lowest BCUT2D eigenvalue weighted by molar-refractivity contribution is -0.109. The van der Waals surface area contributed by atoms with Crippen LogP contribution in [0.1, 0.15) is 6.92 Å². The molecule has 0 N–H and O–H groups in total. The number of thiophene rings is 1. The zero-order valence-corrected chi connectivity index (χ0v) is 7.65. The van der Waals surface area contributed by atoms with Crippen molar-refractivity contribution in [3.05, 3.63) is 16.5 Å². The van der Waals surface area contributed by atoms with Crippen molar-refractivity contribution in [3.8, 4) is 0 Å². The van der Waals surface area contributed by atoms with E-state index in [1.54, 1.807) is 6.07 Å². The molecule has 1 aromatic rings. The molecule has 0 atom stereocenters. The second-order valence-electron chi connectivity index (χ2n) is 1.65. The van der Waals surface area contributed by atoms with E-state index in [1.807, 2.05) is 6.07 Å². The van der Waals surface area contributed by atoms with Crippen molar-refractivity contribution in [3.63, 3.8) is 0 Å². The Morgan fingerprint density at radius 3 is 2.80 bits per heavy atom. The maximum atomic E-state index is 10.5. The number of hydrogen-bond acceptors (Lipinski definition) is 3. The maximum absolute atomic E-state index is 10.5. The lowest BCUT2D eigenvalue weighted by Crippen LogP contribution is -1.75. The molecule has 1 aromatic heterocycles. The normalized spacial score (nSPS) is 9.80. The monoisotopic (exact) mass is 192 g/mol. The summed E-state index contributed by atoms with van der Waals surface area (Å²) in [6.07, 6.45) is 0. The third kappa shape index (κ3) is 2.33. The molecule has 0 amide bonds.